The van der Waals surface area contributed by atoms with Gasteiger partial charge in [0.2, 0.25) is 0 Å². The molecule has 0 radical (unpaired) electrons. The molecule has 0 saturated heterocycles. The quantitative estimate of drug-likeness (QED) is 0.164. The van der Waals surface area contributed by atoms with Gasteiger partial charge in [-0.15, -0.1) is 0 Å². The maximum atomic E-state index is 5.01. The number of thioether (sulfide) groups is 3. The zero-order chi connectivity index (χ0) is 31.8. The third kappa shape index (κ3) is 20.3. The molecule has 0 aliphatic heterocycles. The Bertz CT molecular complexity index is 976. The SMILES string of the molecule is COCSc1ccc(C(C)(C)C)cc1.COCSc1ccc(C(C)(C)C)cc1.COCSc1ccc(C(C)(C)C)cc1.F.F.F. The van der Waals surface area contributed by atoms with Crippen LogP contribution in [0.4, 0.5) is 14.1 Å². The van der Waals surface area contributed by atoms with Gasteiger partial charge in [0.25, 0.3) is 0 Å². The zero-order valence-electron chi connectivity index (χ0n) is 29.2. The molecule has 0 aliphatic carbocycles. The number of methoxy groups -OCH3 is 3. The van der Waals surface area contributed by atoms with E-state index < -0.39 is 0 Å². The molecule has 0 atom stereocenters. The maximum absolute atomic E-state index is 5.01. The lowest BCUT2D eigenvalue weighted by atomic mass is 9.87. The second-order valence-electron chi connectivity index (χ2n) is 13.0. The van der Waals surface area contributed by atoms with Gasteiger partial charge in [0.15, 0.2) is 0 Å². The second-order valence-corrected chi connectivity index (χ2v) is 16.0. The van der Waals surface area contributed by atoms with Crippen LogP contribution in [0.1, 0.15) is 79.0 Å². The molecule has 3 aromatic carbocycles. The molecular formula is C36H57F3O3S3. The van der Waals surface area contributed by atoms with E-state index in [1.807, 2.05) is 0 Å². The van der Waals surface area contributed by atoms with Gasteiger partial charge in [-0.1, -0.05) is 134 Å². The number of hydrogen-bond acceptors (Lipinski definition) is 6. The Balaban J connectivity index is -0.000000569. The summed E-state index contributed by atoms with van der Waals surface area (Å²) >= 11 is 5.15. The zero-order valence-corrected chi connectivity index (χ0v) is 31.7. The maximum Gasteiger partial charge on any atom is 0.0963 e. The third-order valence-electron chi connectivity index (χ3n) is 6.19. The van der Waals surface area contributed by atoms with Gasteiger partial charge < -0.3 is 14.2 Å². The lowest BCUT2D eigenvalue weighted by Crippen LogP contribution is -2.10. The lowest BCUT2D eigenvalue weighted by molar-refractivity contribution is 0.259. The van der Waals surface area contributed by atoms with Crippen molar-refractivity contribution in [2.24, 2.45) is 0 Å². The fourth-order valence-electron chi connectivity index (χ4n) is 3.53. The number of benzene rings is 3. The number of rotatable bonds is 9. The smallest absolute Gasteiger partial charge is 0.0963 e. The summed E-state index contributed by atoms with van der Waals surface area (Å²) in [6.45, 7) is 20.0. The van der Waals surface area contributed by atoms with Gasteiger partial charge in [-0.3, -0.25) is 14.1 Å². The van der Waals surface area contributed by atoms with E-state index in [-0.39, 0.29) is 30.4 Å². The topological polar surface area (TPSA) is 27.7 Å². The van der Waals surface area contributed by atoms with Crippen molar-refractivity contribution in [2.45, 2.75) is 93.2 Å². The van der Waals surface area contributed by atoms with Crippen molar-refractivity contribution in [3.8, 4) is 0 Å². The lowest BCUT2D eigenvalue weighted by Gasteiger charge is -2.18. The monoisotopic (exact) mass is 690 g/mol. The number of hydrogen-bond donors (Lipinski definition) is 0. The first kappa shape index (κ1) is 47.8. The molecule has 0 aliphatic rings. The molecule has 9 heteroatoms. The largest absolute Gasteiger partial charge is 0.374 e. The third-order valence-corrected chi connectivity index (χ3v) is 9.07. The Hall–Kier alpha value is -1.62. The summed E-state index contributed by atoms with van der Waals surface area (Å²) < 4.78 is 15.0. The van der Waals surface area contributed by atoms with E-state index >= 15 is 0 Å². The van der Waals surface area contributed by atoms with Crippen LogP contribution in [-0.2, 0) is 30.5 Å². The molecular weight excluding hydrogens is 634 g/mol. The normalized spacial score (nSPS) is 10.9. The minimum Gasteiger partial charge on any atom is -0.374 e. The molecule has 0 aromatic heterocycles. The highest BCUT2D eigenvalue weighted by Gasteiger charge is 2.14. The molecule has 0 unspecified atom stereocenters. The summed E-state index contributed by atoms with van der Waals surface area (Å²) in [6.07, 6.45) is 0. The van der Waals surface area contributed by atoms with Gasteiger partial charge in [0, 0.05) is 36.0 Å². The molecule has 0 fully saturated rings. The first-order valence-corrected chi connectivity index (χ1v) is 17.2. The minimum absolute atomic E-state index is 0. The van der Waals surface area contributed by atoms with Gasteiger partial charge in [-0.25, -0.2) is 0 Å². The van der Waals surface area contributed by atoms with Crippen molar-refractivity contribution in [2.75, 3.05) is 39.1 Å². The highest BCUT2D eigenvalue weighted by atomic mass is 32.2. The Morgan fingerprint density at radius 3 is 0.689 bits per heavy atom. The van der Waals surface area contributed by atoms with E-state index in [4.69, 9.17) is 14.2 Å². The van der Waals surface area contributed by atoms with Crippen LogP contribution in [-0.4, -0.2) is 39.1 Å². The number of ether oxygens (including phenoxy) is 3. The summed E-state index contributed by atoms with van der Waals surface area (Å²) in [7, 11) is 5.16. The van der Waals surface area contributed by atoms with Crippen molar-refractivity contribution < 1.29 is 28.3 Å². The molecule has 0 bridgehead atoms. The van der Waals surface area contributed by atoms with E-state index in [9.17, 15) is 0 Å². The van der Waals surface area contributed by atoms with E-state index in [1.165, 1.54) is 31.4 Å². The van der Waals surface area contributed by atoms with Gasteiger partial charge in [0.1, 0.15) is 0 Å². The van der Waals surface area contributed by atoms with E-state index in [1.54, 1.807) is 56.6 Å². The first-order valence-electron chi connectivity index (χ1n) is 14.3. The molecule has 45 heavy (non-hydrogen) atoms. The highest BCUT2D eigenvalue weighted by molar-refractivity contribution is 7.99. The molecule has 3 nitrogen and oxygen atoms in total. The van der Waals surface area contributed by atoms with Crippen molar-refractivity contribution in [1.29, 1.82) is 0 Å². The van der Waals surface area contributed by atoms with Crippen LogP contribution in [0.15, 0.2) is 87.5 Å². The van der Waals surface area contributed by atoms with Crippen molar-refractivity contribution in [3.63, 3.8) is 0 Å². The van der Waals surface area contributed by atoms with Crippen LogP contribution in [0.5, 0.6) is 0 Å². The van der Waals surface area contributed by atoms with E-state index in [0.717, 1.165) is 17.8 Å². The molecule has 258 valence electrons. The van der Waals surface area contributed by atoms with E-state index in [0.29, 0.717) is 0 Å². The summed E-state index contributed by atoms with van der Waals surface area (Å²) in [5.74, 6) is 2.15. The first-order chi connectivity index (χ1) is 19.6. The van der Waals surface area contributed by atoms with Crippen LogP contribution >= 0.6 is 35.3 Å². The van der Waals surface area contributed by atoms with Gasteiger partial charge in [0.05, 0.1) is 17.8 Å². The van der Waals surface area contributed by atoms with Crippen molar-refractivity contribution in [3.05, 3.63) is 89.5 Å². The fourth-order valence-corrected chi connectivity index (χ4v) is 5.28. The Kier molecular flexibility index (Phi) is 25.1. The molecule has 0 heterocycles. The van der Waals surface area contributed by atoms with E-state index in [2.05, 4.69) is 135 Å². The predicted molar refractivity (Wildman–Crippen MR) is 196 cm³/mol. The molecule has 0 spiro atoms. The predicted octanol–water partition coefficient (Wildman–Crippen LogP) is 11.5. The van der Waals surface area contributed by atoms with Crippen LogP contribution in [0, 0.1) is 0 Å². The summed E-state index contributed by atoms with van der Waals surface area (Å²) in [6, 6.07) is 26.1. The Labute approximate surface area is 284 Å². The fraction of sp³-hybridized carbons (Fsp3) is 0.500. The number of halogens is 3. The highest BCUT2D eigenvalue weighted by Crippen LogP contribution is 2.27. The van der Waals surface area contributed by atoms with Crippen LogP contribution in [0.3, 0.4) is 0 Å². The van der Waals surface area contributed by atoms with Gasteiger partial charge >= 0.3 is 0 Å². The van der Waals surface area contributed by atoms with Gasteiger partial charge in [-0.05, 0) is 69.3 Å². The average Bonchev–Trinajstić information content (AvgIpc) is 2.94. The second kappa shape index (κ2) is 23.7. The van der Waals surface area contributed by atoms with Gasteiger partial charge in [-0.2, -0.15) is 0 Å². The molecule has 0 saturated carbocycles. The molecule has 3 aromatic rings. The Morgan fingerprint density at radius 1 is 0.378 bits per heavy atom. The van der Waals surface area contributed by atoms with Crippen molar-refractivity contribution in [1.82, 2.24) is 0 Å². The Morgan fingerprint density at radius 2 is 0.556 bits per heavy atom. The molecule has 0 amide bonds. The minimum atomic E-state index is 0. The van der Waals surface area contributed by atoms with Crippen LogP contribution in [0.2, 0.25) is 0 Å². The van der Waals surface area contributed by atoms with Crippen LogP contribution < -0.4 is 0 Å². The molecule has 3 rings (SSSR count). The summed E-state index contributed by atoms with van der Waals surface area (Å²) in [4.78, 5) is 3.79. The average molecular weight is 691 g/mol. The standard InChI is InChI=1S/3C12H18OS.3FH/c3*1-12(2,3)10-5-7-11(8-6-10)14-9-13-4;;;/h3*5-8H,9H2,1-4H3;3*1H. The summed E-state index contributed by atoms with van der Waals surface area (Å²) in [5.41, 5.74) is 4.84. The summed E-state index contributed by atoms with van der Waals surface area (Å²) in [5, 5.41) is 0. The van der Waals surface area contributed by atoms with Crippen LogP contribution in [0.25, 0.3) is 0 Å². The van der Waals surface area contributed by atoms with Crippen molar-refractivity contribution >= 4 is 35.3 Å². The molecule has 0 N–H and O–H groups in total.